The van der Waals surface area contributed by atoms with E-state index in [2.05, 4.69) is 15.3 Å². The quantitative estimate of drug-likeness (QED) is 0.842. The van der Waals surface area contributed by atoms with Gasteiger partial charge in [0, 0.05) is 50.1 Å². The standard InChI is InChI=1S/C18H21N5O3/c1-21-15-9-13(22-7-2-3-12(10-22)11-24)4-5-14(15)17(20-21)23-8-6-16(25)19-18(23)26/h4-5,9,11-12H,2-3,6-8,10H2,1H3,(H,19,25,26). The Labute approximate surface area is 150 Å². The number of hydrogen-bond donors (Lipinski definition) is 1. The van der Waals surface area contributed by atoms with E-state index in [0.717, 1.165) is 48.8 Å². The summed E-state index contributed by atoms with van der Waals surface area (Å²) in [7, 11) is 1.84. The van der Waals surface area contributed by atoms with E-state index < -0.39 is 6.03 Å². The van der Waals surface area contributed by atoms with Crippen molar-refractivity contribution in [1.82, 2.24) is 15.1 Å². The lowest BCUT2D eigenvalue weighted by atomic mass is 9.99. The van der Waals surface area contributed by atoms with Gasteiger partial charge in [-0.3, -0.25) is 19.7 Å². The Kier molecular flexibility index (Phi) is 4.10. The van der Waals surface area contributed by atoms with E-state index >= 15 is 0 Å². The molecule has 1 aromatic heterocycles. The number of aromatic nitrogens is 2. The van der Waals surface area contributed by atoms with Crippen LogP contribution in [0.15, 0.2) is 18.2 Å². The lowest BCUT2D eigenvalue weighted by molar-refractivity contribution is -0.120. The minimum absolute atomic E-state index is 0.0797. The van der Waals surface area contributed by atoms with Gasteiger partial charge >= 0.3 is 6.03 Å². The minimum Gasteiger partial charge on any atom is -0.371 e. The number of rotatable bonds is 3. The monoisotopic (exact) mass is 355 g/mol. The van der Waals surface area contributed by atoms with Crippen molar-refractivity contribution in [3.63, 3.8) is 0 Å². The average Bonchev–Trinajstić information content (AvgIpc) is 2.98. The molecule has 3 heterocycles. The molecule has 3 amide bonds. The molecule has 2 fully saturated rings. The zero-order chi connectivity index (χ0) is 18.3. The maximum absolute atomic E-state index is 12.1. The first-order chi connectivity index (χ1) is 12.6. The molecule has 1 atom stereocenters. The number of piperidine rings is 1. The van der Waals surface area contributed by atoms with E-state index in [0.29, 0.717) is 12.4 Å². The maximum atomic E-state index is 12.1. The second-order valence-corrected chi connectivity index (χ2v) is 6.89. The van der Waals surface area contributed by atoms with Crippen LogP contribution in [0.3, 0.4) is 0 Å². The van der Waals surface area contributed by atoms with Gasteiger partial charge in [-0.25, -0.2) is 4.79 Å². The molecule has 0 radical (unpaired) electrons. The van der Waals surface area contributed by atoms with E-state index in [4.69, 9.17) is 0 Å². The van der Waals surface area contributed by atoms with Gasteiger partial charge in [0.05, 0.1) is 5.52 Å². The minimum atomic E-state index is -0.435. The predicted molar refractivity (Wildman–Crippen MR) is 97.2 cm³/mol. The van der Waals surface area contributed by atoms with Crippen LogP contribution >= 0.6 is 0 Å². The predicted octanol–water partition coefficient (Wildman–Crippen LogP) is 1.43. The number of hydrogen-bond acceptors (Lipinski definition) is 5. The third kappa shape index (κ3) is 2.81. The van der Waals surface area contributed by atoms with E-state index in [-0.39, 0.29) is 18.2 Å². The first-order valence-corrected chi connectivity index (χ1v) is 8.85. The topological polar surface area (TPSA) is 87.5 Å². The molecule has 2 aromatic rings. The molecule has 0 bridgehead atoms. The summed E-state index contributed by atoms with van der Waals surface area (Å²) in [6.45, 7) is 1.99. The van der Waals surface area contributed by atoms with Crippen molar-refractivity contribution in [2.24, 2.45) is 13.0 Å². The van der Waals surface area contributed by atoms with Gasteiger partial charge in [-0.15, -0.1) is 0 Å². The summed E-state index contributed by atoms with van der Waals surface area (Å²) in [6.07, 6.45) is 3.26. The molecule has 1 N–H and O–H groups in total. The largest absolute Gasteiger partial charge is 0.371 e. The highest BCUT2D eigenvalue weighted by Crippen LogP contribution is 2.31. The van der Waals surface area contributed by atoms with Crippen molar-refractivity contribution in [2.45, 2.75) is 19.3 Å². The molecular weight excluding hydrogens is 334 g/mol. The number of fused-ring (bicyclic) bond motifs is 1. The summed E-state index contributed by atoms with van der Waals surface area (Å²) in [5.41, 5.74) is 1.97. The molecule has 4 rings (SSSR count). The van der Waals surface area contributed by atoms with Gasteiger partial charge < -0.3 is 9.69 Å². The summed E-state index contributed by atoms with van der Waals surface area (Å²) in [5.74, 6) is 0.378. The zero-order valence-electron chi connectivity index (χ0n) is 14.6. The van der Waals surface area contributed by atoms with Crippen molar-refractivity contribution in [3.8, 4) is 0 Å². The molecule has 1 aromatic carbocycles. The van der Waals surface area contributed by atoms with Crippen LogP contribution in [0, 0.1) is 5.92 Å². The molecule has 0 aliphatic carbocycles. The van der Waals surface area contributed by atoms with Gasteiger partial charge in [-0.05, 0) is 31.0 Å². The third-order valence-corrected chi connectivity index (χ3v) is 5.14. The number of aryl methyl sites for hydroxylation is 1. The molecule has 0 spiro atoms. The Hall–Kier alpha value is -2.90. The smallest absolute Gasteiger partial charge is 0.329 e. The van der Waals surface area contributed by atoms with Crippen molar-refractivity contribution < 1.29 is 14.4 Å². The highest BCUT2D eigenvalue weighted by atomic mass is 16.2. The Balaban J connectivity index is 1.67. The first kappa shape index (κ1) is 16.6. The number of aldehydes is 1. The second kappa shape index (κ2) is 6.44. The highest BCUT2D eigenvalue weighted by molar-refractivity contribution is 6.09. The van der Waals surface area contributed by atoms with Gasteiger partial charge in [0.15, 0.2) is 5.82 Å². The van der Waals surface area contributed by atoms with E-state index in [1.807, 2.05) is 25.2 Å². The SMILES string of the molecule is Cn1nc(N2CCC(=O)NC2=O)c2ccc(N3CCCC(C=O)C3)cc21. The number of imide groups is 1. The van der Waals surface area contributed by atoms with Crippen molar-refractivity contribution in [1.29, 1.82) is 0 Å². The molecule has 1 unspecified atom stereocenters. The maximum Gasteiger partial charge on any atom is 0.329 e. The Morgan fingerprint density at radius 1 is 1.27 bits per heavy atom. The fourth-order valence-electron chi connectivity index (χ4n) is 3.74. The molecule has 0 saturated carbocycles. The summed E-state index contributed by atoms with van der Waals surface area (Å²) in [5, 5.41) is 7.70. The average molecular weight is 355 g/mol. The van der Waals surface area contributed by atoms with Crippen LogP contribution in [-0.2, 0) is 16.6 Å². The van der Waals surface area contributed by atoms with Crippen LogP contribution < -0.4 is 15.1 Å². The number of nitrogens with zero attached hydrogens (tertiary/aromatic N) is 4. The lowest BCUT2D eigenvalue weighted by Crippen LogP contribution is -2.49. The summed E-state index contributed by atoms with van der Waals surface area (Å²) in [6, 6.07) is 5.58. The van der Waals surface area contributed by atoms with Crippen molar-refractivity contribution >= 4 is 40.6 Å². The molecule has 26 heavy (non-hydrogen) atoms. The van der Waals surface area contributed by atoms with Crippen molar-refractivity contribution in [3.05, 3.63) is 18.2 Å². The summed E-state index contributed by atoms with van der Waals surface area (Å²) >= 11 is 0. The van der Waals surface area contributed by atoms with Crippen molar-refractivity contribution in [2.75, 3.05) is 29.4 Å². The van der Waals surface area contributed by atoms with Crippen LogP contribution in [0.1, 0.15) is 19.3 Å². The number of urea groups is 1. The Morgan fingerprint density at radius 3 is 2.88 bits per heavy atom. The number of carbonyl (C=O) groups excluding carboxylic acids is 3. The lowest BCUT2D eigenvalue weighted by Gasteiger charge is -2.32. The number of nitrogens with one attached hydrogen (secondary N) is 1. The Bertz CT molecular complexity index is 890. The number of benzene rings is 1. The number of amides is 3. The molecule has 2 saturated heterocycles. The molecule has 136 valence electrons. The number of carbonyl (C=O) groups is 3. The van der Waals surface area contributed by atoms with E-state index in [1.165, 1.54) is 4.90 Å². The zero-order valence-corrected chi connectivity index (χ0v) is 14.6. The molecular formula is C18H21N5O3. The third-order valence-electron chi connectivity index (χ3n) is 5.14. The van der Waals surface area contributed by atoms with Gasteiger partial charge in [-0.2, -0.15) is 5.10 Å². The fraction of sp³-hybridized carbons (Fsp3) is 0.444. The van der Waals surface area contributed by atoms with Crippen LogP contribution in [0.4, 0.5) is 16.3 Å². The van der Waals surface area contributed by atoms with E-state index in [1.54, 1.807) is 4.68 Å². The van der Waals surface area contributed by atoms with Crippen LogP contribution in [0.25, 0.3) is 10.9 Å². The van der Waals surface area contributed by atoms with Crippen LogP contribution in [0.5, 0.6) is 0 Å². The first-order valence-electron chi connectivity index (χ1n) is 8.85. The molecule has 8 nitrogen and oxygen atoms in total. The normalized spacial score (nSPS) is 21.2. The van der Waals surface area contributed by atoms with Crippen LogP contribution in [0.2, 0.25) is 0 Å². The fourth-order valence-corrected chi connectivity index (χ4v) is 3.74. The van der Waals surface area contributed by atoms with Gasteiger partial charge in [-0.1, -0.05) is 0 Å². The molecule has 8 heteroatoms. The molecule has 2 aliphatic heterocycles. The summed E-state index contributed by atoms with van der Waals surface area (Å²) < 4.78 is 1.75. The number of anilines is 2. The molecule has 2 aliphatic rings. The van der Waals surface area contributed by atoms with Crippen LogP contribution in [-0.4, -0.2) is 47.6 Å². The van der Waals surface area contributed by atoms with Gasteiger partial charge in [0.2, 0.25) is 5.91 Å². The highest BCUT2D eigenvalue weighted by Gasteiger charge is 2.28. The van der Waals surface area contributed by atoms with Gasteiger partial charge in [0.1, 0.15) is 6.29 Å². The van der Waals surface area contributed by atoms with E-state index in [9.17, 15) is 14.4 Å². The summed E-state index contributed by atoms with van der Waals surface area (Å²) in [4.78, 5) is 38.4. The van der Waals surface area contributed by atoms with Gasteiger partial charge in [0.25, 0.3) is 0 Å². The second-order valence-electron chi connectivity index (χ2n) is 6.89. The Morgan fingerprint density at radius 2 is 2.12 bits per heavy atom.